The molecule has 0 aliphatic carbocycles. The third kappa shape index (κ3) is 8.00. The summed E-state index contributed by atoms with van der Waals surface area (Å²) in [5.41, 5.74) is -0.0861. The van der Waals surface area contributed by atoms with Gasteiger partial charge in [-0.05, 0) is 33.3 Å². The van der Waals surface area contributed by atoms with Gasteiger partial charge in [0.05, 0.1) is 19.3 Å². The van der Waals surface area contributed by atoms with Crippen molar-refractivity contribution in [2.75, 3.05) is 19.8 Å². The topological polar surface area (TPSA) is 94.1 Å². The van der Waals surface area contributed by atoms with Crippen molar-refractivity contribution in [1.29, 1.82) is 0 Å². The van der Waals surface area contributed by atoms with E-state index >= 15 is 0 Å². The Morgan fingerprint density at radius 1 is 1.16 bits per heavy atom. The maximum Gasteiger partial charge on any atom is 0.408 e. The van der Waals surface area contributed by atoms with E-state index in [-0.39, 0.29) is 13.2 Å². The first kappa shape index (κ1) is 20.9. The molecule has 7 heteroatoms. The molecule has 0 saturated carbocycles. The average molecular weight is 353 g/mol. The molecule has 0 heterocycles. The van der Waals surface area contributed by atoms with Crippen LogP contribution in [0.4, 0.5) is 4.79 Å². The molecule has 0 spiro atoms. The lowest BCUT2D eigenvalue weighted by atomic mass is 10.0. The van der Waals surface area contributed by atoms with E-state index in [0.29, 0.717) is 12.2 Å². The minimum atomic E-state index is -1.27. The summed E-state index contributed by atoms with van der Waals surface area (Å²) in [5, 5.41) is 12.2. The lowest BCUT2D eigenvalue weighted by Crippen LogP contribution is -2.44. The lowest BCUT2D eigenvalue weighted by Gasteiger charge is -2.27. The van der Waals surface area contributed by atoms with Gasteiger partial charge in [0.1, 0.15) is 5.60 Å². The second kappa shape index (κ2) is 10.0. The van der Waals surface area contributed by atoms with E-state index in [9.17, 15) is 14.7 Å². The van der Waals surface area contributed by atoms with Gasteiger partial charge in [-0.15, -0.1) is 0 Å². The van der Waals surface area contributed by atoms with E-state index in [0.717, 1.165) is 0 Å². The summed E-state index contributed by atoms with van der Waals surface area (Å²) in [7, 11) is 0. The predicted octanol–water partition coefficient (Wildman–Crippen LogP) is 2.76. The lowest BCUT2D eigenvalue weighted by molar-refractivity contribution is -0.153. The Morgan fingerprint density at radius 2 is 1.80 bits per heavy atom. The van der Waals surface area contributed by atoms with Gasteiger partial charge in [0.2, 0.25) is 0 Å². The number of hydrogen-bond donors (Lipinski definition) is 2. The first-order chi connectivity index (χ1) is 11.7. The van der Waals surface area contributed by atoms with Gasteiger partial charge in [0.15, 0.2) is 6.10 Å². The Labute approximate surface area is 148 Å². The highest BCUT2D eigenvalue weighted by molar-refractivity contribution is 5.76. The van der Waals surface area contributed by atoms with Gasteiger partial charge in [-0.25, -0.2) is 9.59 Å². The number of carbonyl (C=O) groups is 2. The molecule has 25 heavy (non-hydrogen) atoms. The average Bonchev–Trinajstić information content (AvgIpc) is 2.52. The minimum absolute atomic E-state index is 0.101. The molecule has 0 aliphatic heterocycles. The van der Waals surface area contributed by atoms with Gasteiger partial charge in [-0.3, -0.25) is 0 Å². The summed E-state index contributed by atoms with van der Waals surface area (Å²) < 4.78 is 15.9. The smallest absolute Gasteiger partial charge is 0.408 e. The molecular weight excluding hydrogens is 326 g/mol. The minimum Gasteiger partial charge on any atom is -0.479 e. The van der Waals surface area contributed by atoms with Crippen molar-refractivity contribution in [3.63, 3.8) is 0 Å². The Hall–Kier alpha value is -2.12. The molecule has 140 valence electrons. The van der Waals surface area contributed by atoms with E-state index < -0.39 is 29.8 Å². The van der Waals surface area contributed by atoms with Crippen LogP contribution >= 0.6 is 0 Å². The van der Waals surface area contributed by atoms with Crippen molar-refractivity contribution < 1.29 is 28.9 Å². The molecule has 1 rings (SSSR count). The molecule has 0 aliphatic rings. The van der Waals surface area contributed by atoms with E-state index in [1.54, 1.807) is 51.1 Å². The second-order valence-electron chi connectivity index (χ2n) is 6.36. The fraction of sp³-hybridized carbons (Fsp3) is 0.556. The van der Waals surface area contributed by atoms with Crippen molar-refractivity contribution >= 4 is 12.1 Å². The van der Waals surface area contributed by atoms with Crippen LogP contribution in [0.3, 0.4) is 0 Å². The molecule has 0 fully saturated rings. The van der Waals surface area contributed by atoms with Crippen molar-refractivity contribution in [1.82, 2.24) is 5.32 Å². The molecule has 7 nitrogen and oxygen atoms in total. The van der Waals surface area contributed by atoms with E-state index in [1.807, 2.05) is 6.92 Å². The van der Waals surface area contributed by atoms with Crippen molar-refractivity contribution in [3.8, 4) is 0 Å². The number of ether oxygens (including phenoxy) is 3. The third-order valence-electron chi connectivity index (χ3n) is 3.11. The number of benzene rings is 1. The standard InChI is InChI=1S/C18H27NO6/c1-5-23-11-12-24-15(16(20)21)14(13-9-7-6-8-10-13)19-17(22)25-18(2,3)4/h6-10,14-15H,5,11-12H2,1-4H3,(H,19,22)(H,20,21)/t14-,15+/m0/s1. The zero-order valence-corrected chi connectivity index (χ0v) is 15.2. The van der Waals surface area contributed by atoms with Crippen LogP contribution in [0.15, 0.2) is 30.3 Å². The number of nitrogens with one attached hydrogen (secondary N) is 1. The number of amides is 1. The summed E-state index contributed by atoms with van der Waals surface area (Å²) in [4.78, 5) is 23.8. The zero-order chi connectivity index (χ0) is 18.9. The highest BCUT2D eigenvalue weighted by Crippen LogP contribution is 2.21. The van der Waals surface area contributed by atoms with E-state index in [1.165, 1.54) is 0 Å². The van der Waals surface area contributed by atoms with Crippen LogP contribution in [0.1, 0.15) is 39.3 Å². The first-order valence-corrected chi connectivity index (χ1v) is 8.21. The Bertz CT molecular complexity index is 540. The summed E-state index contributed by atoms with van der Waals surface area (Å²) in [6.45, 7) is 7.93. The number of aliphatic carboxylic acids is 1. The first-order valence-electron chi connectivity index (χ1n) is 8.21. The predicted molar refractivity (Wildman–Crippen MR) is 92.4 cm³/mol. The monoisotopic (exact) mass is 353 g/mol. The quantitative estimate of drug-likeness (QED) is 0.663. The number of rotatable bonds is 9. The Kier molecular flexibility index (Phi) is 8.37. The molecular formula is C18H27NO6. The molecule has 1 aromatic carbocycles. The molecule has 2 N–H and O–H groups in total. The Balaban J connectivity index is 2.94. The van der Waals surface area contributed by atoms with Gasteiger partial charge in [0.25, 0.3) is 0 Å². The normalized spacial score (nSPS) is 13.8. The summed E-state index contributed by atoms with van der Waals surface area (Å²) in [5.74, 6) is -1.18. The SMILES string of the molecule is CCOCCO[C@@H](C(=O)O)[C@@H](NC(=O)OC(C)(C)C)c1ccccc1. The molecule has 0 aromatic heterocycles. The van der Waals surface area contributed by atoms with E-state index in [4.69, 9.17) is 14.2 Å². The zero-order valence-electron chi connectivity index (χ0n) is 15.2. The van der Waals surface area contributed by atoms with Crippen molar-refractivity contribution in [2.45, 2.75) is 45.4 Å². The van der Waals surface area contributed by atoms with Crippen LogP contribution in [-0.2, 0) is 19.0 Å². The summed E-state index contributed by atoms with van der Waals surface area (Å²) >= 11 is 0. The molecule has 1 aromatic rings. The van der Waals surface area contributed by atoms with Gasteiger partial charge in [0, 0.05) is 6.61 Å². The largest absolute Gasteiger partial charge is 0.479 e. The highest BCUT2D eigenvalue weighted by Gasteiger charge is 2.33. The van der Waals surface area contributed by atoms with Crippen molar-refractivity contribution in [2.24, 2.45) is 0 Å². The van der Waals surface area contributed by atoms with Crippen LogP contribution in [-0.4, -0.2) is 48.7 Å². The molecule has 0 radical (unpaired) electrons. The van der Waals surface area contributed by atoms with Gasteiger partial charge in [-0.2, -0.15) is 0 Å². The van der Waals surface area contributed by atoms with Crippen LogP contribution in [0.25, 0.3) is 0 Å². The fourth-order valence-electron chi connectivity index (χ4n) is 2.12. The highest BCUT2D eigenvalue weighted by atomic mass is 16.6. The van der Waals surface area contributed by atoms with Crippen LogP contribution in [0.2, 0.25) is 0 Å². The van der Waals surface area contributed by atoms with E-state index in [2.05, 4.69) is 5.32 Å². The van der Waals surface area contributed by atoms with Crippen LogP contribution in [0, 0.1) is 0 Å². The maximum atomic E-state index is 12.1. The third-order valence-corrected chi connectivity index (χ3v) is 3.11. The maximum absolute atomic E-state index is 12.1. The molecule has 0 bridgehead atoms. The Morgan fingerprint density at radius 3 is 2.32 bits per heavy atom. The number of alkyl carbamates (subject to hydrolysis) is 1. The van der Waals surface area contributed by atoms with Gasteiger partial charge < -0.3 is 24.6 Å². The molecule has 2 atom stereocenters. The summed E-state index contributed by atoms with van der Waals surface area (Å²) in [6.07, 6.45) is -1.98. The molecule has 0 unspecified atom stereocenters. The number of carboxylic acid groups (broad SMARTS) is 1. The summed E-state index contributed by atoms with van der Waals surface area (Å²) in [6, 6.07) is 7.89. The number of carbonyl (C=O) groups excluding carboxylic acids is 1. The number of carboxylic acids is 1. The molecule has 1 amide bonds. The van der Waals surface area contributed by atoms with Crippen LogP contribution < -0.4 is 5.32 Å². The van der Waals surface area contributed by atoms with Gasteiger partial charge >= 0.3 is 12.1 Å². The van der Waals surface area contributed by atoms with Gasteiger partial charge in [-0.1, -0.05) is 30.3 Å². The second-order valence-corrected chi connectivity index (χ2v) is 6.36. The number of hydrogen-bond acceptors (Lipinski definition) is 5. The van der Waals surface area contributed by atoms with Crippen molar-refractivity contribution in [3.05, 3.63) is 35.9 Å². The fourth-order valence-corrected chi connectivity index (χ4v) is 2.12. The van der Waals surface area contributed by atoms with Crippen LogP contribution in [0.5, 0.6) is 0 Å². The molecule has 0 saturated heterocycles.